The fraction of sp³-hybridized carbons (Fsp3) is 0.529. The third kappa shape index (κ3) is 3.16. The standard InChI is InChI=1S/C17H24N4/c1-3-14(2)13-20-8-10-21(11-9-20)17-16-7-5-4-6-15(16)12-18-19-17/h4-7,12,14H,3,8-11,13H2,1-2H3/t14-/m0/s1. The second kappa shape index (κ2) is 6.39. The van der Waals surface area contributed by atoms with Crippen LogP contribution in [-0.2, 0) is 0 Å². The lowest BCUT2D eigenvalue weighted by molar-refractivity contribution is 0.222. The van der Waals surface area contributed by atoms with Crippen LogP contribution in [0.4, 0.5) is 5.82 Å². The third-order valence-corrected chi connectivity index (χ3v) is 4.49. The van der Waals surface area contributed by atoms with Crippen LogP contribution in [0, 0.1) is 5.92 Å². The van der Waals surface area contributed by atoms with Crippen LogP contribution in [0.15, 0.2) is 30.5 Å². The minimum Gasteiger partial charge on any atom is -0.352 e. The van der Waals surface area contributed by atoms with Crippen molar-refractivity contribution in [3.05, 3.63) is 30.5 Å². The van der Waals surface area contributed by atoms with Gasteiger partial charge in [0.15, 0.2) is 5.82 Å². The second-order valence-corrected chi connectivity index (χ2v) is 6.06. The van der Waals surface area contributed by atoms with E-state index in [2.05, 4.69) is 58.1 Å². The Labute approximate surface area is 126 Å². The predicted molar refractivity (Wildman–Crippen MR) is 87.6 cm³/mol. The average Bonchev–Trinajstić information content (AvgIpc) is 2.55. The van der Waals surface area contributed by atoms with E-state index in [9.17, 15) is 0 Å². The van der Waals surface area contributed by atoms with Crippen molar-refractivity contribution >= 4 is 16.6 Å². The summed E-state index contributed by atoms with van der Waals surface area (Å²) in [6, 6.07) is 8.38. The molecule has 112 valence electrons. The van der Waals surface area contributed by atoms with Crippen LogP contribution in [-0.4, -0.2) is 47.8 Å². The van der Waals surface area contributed by atoms with Crippen molar-refractivity contribution in [1.29, 1.82) is 0 Å². The molecule has 3 rings (SSSR count). The molecule has 4 heteroatoms. The lowest BCUT2D eigenvalue weighted by Gasteiger charge is -2.36. The van der Waals surface area contributed by atoms with Gasteiger partial charge in [-0.2, -0.15) is 5.10 Å². The summed E-state index contributed by atoms with van der Waals surface area (Å²) in [6.45, 7) is 10.1. The molecule has 0 radical (unpaired) electrons. The Morgan fingerprint density at radius 3 is 2.67 bits per heavy atom. The lowest BCUT2D eigenvalue weighted by Crippen LogP contribution is -2.48. The van der Waals surface area contributed by atoms with E-state index in [1.54, 1.807) is 0 Å². The number of fused-ring (bicyclic) bond motifs is 1. The second-order valence-electron chi connectivity index (χ2n) is 6.06. The minimum absolute atomic E-state index is 0.786. The van der Waals surface area contributed by atoms with E-state index in [0.717, 1.165) is 37.9 Å². The van der Waals surface area contributed by atoms with Crippen molar-refractivity contribution in [2.75, 3.05) is 37.6 Å². The van der Waals surface area contributed by atoms with Gasteiger partial charge in [-0.1, -0.05) is 44.5 Å². The molecule has 0 amide bonds. The molecule has 1 fully saturated rings. The fourth-order valence-corrected chi connectivity index (χ4v) is 2.96. The van der Waals surface area contributed by atoms with E-state index in [0.29, 0.717) is 0 Å². The molecule has 1 aromatic carbocycles. The van der Waals surface area contributed by atoms with Crippen LogP contribution in [0.25, 0.3) is 10.8 Å². The Kier molecular flexibility index (Phi) is 4.34. The van der Waals surface area contributed by atoms with Crippen molar-refractivity contribution in [2.45, 2.75) is 20.3 Å². The van der Waals surface area contributed by atoms with Crippen molar-refractivity contribution in [3.63, 3.8) is 0 Å². The molecular formula is C17H24N4. The summed E-state index contributed by atoms with van der Waals surface area (Å²) >= 11 is 0. The Hall–Kier alpha value is -1.68. The molecule has 1 atom stereocenters. The number of rotatable bonds is 4. The number of hydrogen-bond acceptors (Lipinski definition) is 4. The number of aromatic nitrogens is 2. The molecule has 0 aliphatic carbocycles. The summed E-state index contributed by atoms with van der Waals surface area (Å²) in [5, 5.41) is 10.9. The molecule has 21 heavy (non-hydrogen) atoms. The average molecular weight is 284 g/mol. The van der Waals surface area contributed by atoms with Gasteiger partial charge >= 0.3 is 0 Å². The first-order valence-electron chi connectivity index (χ1n) is 7.95. The number of benzene rings is 1. The van der Waals surface area contributed by atoms with Gasteiger partial charge in [0.1, 0.15) is 0 Å². The monoisotopic (exact) mass is 284 g/mol. The molecule has 1 aromatic heterocycles. The van der Waals surface area contributed by atoms with Gasteiger partial charge in [-0.25, -0.2) is 0 Å². The van der Waals surface area contributed by atoms with Crippen molar-refractivity contribution in [3.8, 4) is 0 Å². The molecule has 0 N–H and O–H groups in total. The molecular weight excluding hydrogens is 260 g/mol. The molecule has 1 aliphatic rings. The summed E-state index contributed by atoms with van der Waals surface area (Å²) < 4.78 is 0. The highest BCUT2D eigenvalue weighted by Crippen LogP contribution is 2.24. The van der Waals surface area contributed by atoms with E-state index >= 15 is 0 Å². The Morgan fingerprint density at radius 1 is 1.14 bits per heavy atom. The van der Waals surface area contributed by atoms with Crippen LogP contribution in [0.2, 0.25) is 0 Å². The molecule has 1 aliphatic heterocycles. The summed E-state index contributed by atoms with van der Waals surface area (Å²) in [6.07, 6.45) is 3.10. The molecule has 2 aromatic rings. The topological polar surface area (TPSA) is 32.3 Å². The van der Waals surface area contributed by atoms with E-state index in [4.69, 9.17) is 0 Å². The molecule has 2 heterocycles. The fourth-order valence-electron chi connectivity index (χ4n) is 2.96. The highest BCUT2D eigenvalue weighted by Gasteiger charge is 2.20. The first-order valence-corrected chi connectivity index (χ1v) is 7.95. The smallest absolute Gasteiger partial charge is 0.159 e. The lowest BCUT2D eigenvalue weighted by atomic mass is 10.1. The highest BCUT2D eigenvalue weighted by atomic mass is 15.3. The largest absolute Gasteiger partial charge is 0.352 e. The first-order chi connectivity index (χ1) is 10.3. The zero-order valence-electron chi connectivity index (χ0n) is 13.0. The van der Waals surface area contributed by atoms with Crippen molar-refractivity contribution in [1.82, 2.24) is 15.1 Å². The maximum Gasteiger partial charge on any atom is 0.159 e. The molecule has 0 bridgehead atoms. The Bertz CT molecular complexity index is 585. The van der Waals surface area contributed by atoms with Gasteiger partial charge in [0.25, 0.3) is 0 Å². The van der Waals surface area contributed by atoms with E-state index < -0.39 is 0 Å². The normalized spacial score (nSPS) is 18.1. The molecule has 0 saturated carbocycles. The number of hydrogen-bond donors (Lipinski definition) is 0. The van der Waals surface area contributed by atoms with Crippen LogP contribution in [0.1, 0.15) is 20.3 Å². The number of nitrogens with zero attached hydrogens (tertiary/aromatic N) is 4. The van der Waals surface area contributed by atoms with E-state index in [1.165, 1.54) is 23.7 Å². The zero-order valence-corrected chi connectivity index (χ0v) is 13.0. The first kappa shape index (κ1) is 14.3. The minimum atomic E-state index is 0.786. The molecule has 1 saturated heterocycles. The van der Waals surface area contributed by atoms with Crippen LogP contribution < -0.4 is 4.90 Å². The highest BCUT2D eigenvalue weighted by molar-refractivity contribution is 5.91. The SMILES string of the molecule is CC[C@H](C)CN1CCN(c2nncc3ccccc23)CC1. The van der Waals surface area contributed by atoms with Gasteiger partial charge in [-0.3, -0.25) is 4.90 Å². The maximum atomic E-state index is 4.39. The molecule has 0 unspecified atom stereocenters. The number of piperazine rings is 1. The summed E-state index contributed by atoms with van der Waals surface area (Å²) in [5.41, 5.74) is 0. The van der Waals surface area contributed by atoms with Crippen LogP contribution in [0.3, 0.4) is 0 Å². The van der Waals surface area contributed by atoms with E-state index in [-0.39, 0.29) is 0 Å². The zero-order chi connectivity index (χ0) is 14.7. The van der Waals surface area contributed by atoms with Gasteiger partial charge in [-0.05, 0) is 5.92 Å². The predicted octanol–water partition coefficient (Wildman–Crippen LogP) is 2.80. The van der Waals surface area contributed by atoms with Crippen molar-refractivity contribution < 1.29 is 0 Å². The van der Waals surface area contributed by atoms with Gasteiger partial charge in [-0.15, -0.1) is 5.10 Å². The summed E-state index contributed by atoms with van der Waals surface area (Å²) in [7, 11) is 0. The van der Waals surface area contributed by atoms with Gasteiger partial charge in [0, 0.05) is 43.5 Å². The van der Waals surface area contributed by atoms with Gasteiger partial charge < -0.3 is 4.90 Å². The quantitative estimate of drug-likeness (QED) is 0.864. The van der Waals surface area contributed by atoms with Gasteiger partial charge in [0.2, 0.25) is 0 Å². The van der Waals surface area contributed by atoms with Crippen LogP contribution in [0.5, 0.6) is 0 Å². The van der Waals surface area contributed by atoms with Gasteiger partial charge in [0.05, 0.1) is 6.20 Å². The summed E-state index contributed by atoms with van der Waals surface area (Å²) in [5.74, 6) is 1.82. The Balaban J connectivity index is 1.71. The molecule has 4 nitrogen and oxygen atoms in total. The Morgan fingerprint density at radius 2 is 1.90 bits per heavy atom. The van der Waals surface area contributed by atoms with Crippen molar-refractivity contribution in [2.24, 2.45) is 5.92 Å². The summed E-state index contributed by atoms with van der Waals surface area (Å²) in [4.78, 5) is 4.95. The number of anilines is 1. The maximum absolute atomic E-state index is 4.39. The van der Waals surface area contributed by atoms with E-state index in [1.807, 2.05) is 6.20 Å². The third-order valence-electron chi connectivity index (χ3n) is 4.49. The van der Waals surface area contributed by atoms with Crippen LogP contribution >= 0.6 is 0 Å². The molecule has 0 spiro atoms.